The molecule has 0 radical (unpaired) electrons. The minimum Gasteiger partial charge on any atom is -0.395 e. The van der Waals surface area contributed by atoms with Gasteiger partial charge in [0.15, 0.2) is 5.78 Å². The van der Waals surface area contributed by atoms with Gasteiger partial charge in [0.05, 0.1) is 24.5 Å². The third-order valence-electron chi connectivity index (χ3n) is 11.1. The molecule has 4 aliphatic carbocycles. The number of fused-ring (bicyclic) bond motifs is 5. The summed E-state index contributed by atoms with van der Waals surface area (Å²) in [7, 11) is 1.88. The molecule has 5 nitrogen and oxygen atoms in total. The lowest BCUT2D eigenvalue weighted by molar-refractivity contribution is -0.154. The molecule has 4 saturated carbocycles. The number of Topliss-reactive ketones (excluding diaryl/α,β-unsaturated/α-hetero) is 1. The first-order valence-corrected chi connectivity index (χ1v) is 13.8. The van der Waals surface area contributed by atoms with Crippen molar-refractivity contribution in [3.63, 3.8) is 0 Å². The maximum absolute atomic E-state index is 13.9. The minimum atomic E-state index is -0.505. The van der Waals surface area contributed by atoms with Crippen LogP contribution in [0.15, 0.2) is 18.2 Å². The fraction of sp³-hybridized carbons (Fsp3) is 0.759. The number of para-hydroxylation sites is 1. The summed E-state index contributed by atoms with van der Waals surface area (Å²) < 4.78 is 19.9. The first-order chi connectivity index (χ1) is 16.7. The van der Waals surface area contributed by atoms with E-state index in [9.17, 15) is 9.18 Å². The van der Waals surface area contributed by atoms with Crippen molar-refractivity contribution in [2.24, 2.45) is 52.2 Å². The molecule has 5 unspecified atom stereocenters. The van der Waals surface area contributed by atoms with Crippen molar-refractivity contribution < 1.29 is 13.9 Å². The first-order valence-electron chi connectivity index (χ1n) is 13.8. The molecule has 0 spiro atoms. The van der Waals surface area contributed by atoms with Crippen molar-refractivity contribution in [2.75, 3.05) is 31.0 Å². The highest BCUT2D eigenvalue weighted by molar-refractivity contribution is 5.87. The molecule has 8 atom stereocenters. The number of carbonyl (C=O) groups excluding carboxylic acids is 1. The van der Waals surface area contributed by atoms with Gasteiger partial charge < -0.3 is 15.5 Å². The van der Waals surface area contributed by atoms with Crippen LogP contribution in [0, 0.1) is 52.2 Å². The van der Waals surface area contributed by atoms with Crippen LogP contribution >= 0.6 is 0 Å². The molecule has 0 bridgehead atoms. The summed E-state index contributed by atoms with van der Waals surface area (Å²) in [4.78, 5) is 13.6. The molecule has 1 aromatic rings. The number of hydrogen-bond donors (Lipinski definition) is 2. The van der Waals surface area contributed by atoms with Crippen LogP contribution < -0.4 is 16.6 Å². The quantitative estimate of drug-likeness (QED) is 0.312. The molecule has 0 saturated heterocycles. The SMILES string of the molecule is COCC12CCC(C)C[C@H]1CC[C@H]1C3CC[C@H](C(=O)CN(N)c4cccc(F)c4N)C3(C)CCC12. The van der Waals surface area contributed by atoms with E-state index < -0.39 is 5.82 Å². The number of ketones is 1. The molecular weight excluding hydrogens is 441 g/mol. The number of nitrogen functional groups attached to an aromatic ring is 1. The number of hydrazine groups is 1. The Balaban J connectivity index is 1.34. The molecule has 194 valence electrons. The van der Waals surface area contributed by atoms with E-state index in [1.54, 1.807) is 12.1 Å². The standard InChI is InChI=1S/C29H44FN3O2/c1-18-11-14-29(17-35-3)19(15-18)7-8-20-21-9-10-23(28(21,2)13-12-22(20)29)26(34)16-33(32)25-6-4-5-24(30)27(25)31/h4-6,18-23H,7-17,31-32H2,1-3H3/t18?,19-,20+,21?,22?,23-,28?,29?/m1/s1. The number of ether oxygens (including phenoxy) is 1. The molecule has 0 amide bonds. The zero-order chi connectivity index (χ0) is 25.0. The Morgan fingerprint density at radius 2 is 1.94 bits per heavy atom. The lowest BCUT2D eigenvalue weighted by atomic mass is 9.44. The molecule has 35 heavy (non-hydrogen) atoms. The maximum Gasteiger partial charge on any atom is 0.157 e. The number of nitrogens with two attached hydrogens (primary N) is 2. The topological polar surface area (TPSA) is 81.6 Å². The highest BCUT2D eigenvalue weighted by Gasteiger charge is 2.62. The molecular formula is C29H44FN3O2. The van der Waals surface area contributed by atoms with E-state index >= 15 is 0 Å². The number of halogens is 1. The predicted molar refractivity (Wildman–Crippen MR) is 138 cm³/mol. The Kier molecular flexibility index (Phi) is 6.67. The molecule has 4 aliphatic rings. The monoisotopic (exact) mass is 485 g/mol. The van der Waals surface area contributed by atoms with Crippen molar-refractivity contribution in [3.8, 4) is 0 Å². The molecule has 6 heteroatoms. The van der Waals surface area contributed by atoms with Crippen LogP contribution in [0.1, 0.15) is 71.6 Å². The maximum atomic E-state index is 13.9. The zero-order valence-corrected chi connectivity index (χ0v) is 21.8. The van der Waals surface area contributed by atoms with Gasteiger partial charge in [0, 0.05) is 13.0 Å². The van der Waals surface area contributed by atoms with E-state index in [-0.39, 0.29) is 29.3 Å². The number of rotatable bonds is 6. The van der Waals surface area contributed by atoms with Crippen molar-refractivity contribution in [1.29, 1.82) is 0 Å². The summed E-state index contributed by atoms with van der Waals surface area (Å²) in [6, 6.07) is 4.57. The number of nitrogens with zero attached hydrogens (tertiary/aromatic N) is 1. The average molecular weight is 486 g/mol. The third kappa shape index (κ3) is 3.99. The molecule has 0 heterocycles. The van der Waals surface area contributed by atoms with Crippen molar-refractivity contribution in [3.05, 3.63) is 24.0 Å². The molecule has 5 rings (SSSR count). The normalized spacial score (nSPS) is 40.5. The van der Waals surface area contributed by atoms with Gasteiger partial charge in [-0.1, -0.05) is 26.3 Å². The van der Waals surface area contributed by atoms with E-state index in [4.69, 9.17) is 16.3 Å². The number of carbonyl (C=O) groups is 1. The van der Waals surface area contributed by atoms with E-state index in [0.717, 1.165) is 43.6 Å². The van der Waals surface area contributed by atoms with Gasteiger partial charge >= 0.3 is 0 Å². The molecule has 4 fully saturated rings. The number of methoxy groups -OCH3 is 1. The van der Waals surface area contributed by atoms with Crippen LogP contribution in [0.2, 0.25) is 0 Å². The van der Waals surface area contributed by atoms with Gasteiger partial charge in [-0.3, -0.25) is 4.79 Å². The molecule has 0 aliphatic heterocycles. The lowest BCUT2D eigenvalue weighted by Crippen LogP contribution is -2.56. The zero-order valence-electron chi connectivity index (χ0n) is 21.8. The van der Waals surface area contributed by atoms with Crippen LogP contribution in [-0.4, -0.2) is 26.0 Å². The number of hydrogen-bond acceptors (Lipinski definition) is 5. The van der Waals surface area contributed by atoms with Gasteiger partial charge in [0.1, 0.15) is 5.82 Å². The predicted octanol–water partition coefficient (Wildman–Crippen LogP) is 5.58. The van der Waals surface area contributed by atoms with E-state index in [0.29, 0.717) is 22.9 Å². The second-order valence-electron chi connectivity index (χ2n) is 12.6. The van der Waals surface area contributed by atoms with E-state index in [2.05, 4.69) is 13.8 Å². The van der Waals surface area contributed by atoms with E-state index in [1.165, 1.54) is 49.6 Å². The Bertz CT molecular complexity index is 956. The first kappa shape index (κ1) is 25.0. The number of anilines is 2. The summed E-state index contributed by atoms with van der Waals surface area (Å²) >= 11 is 0. The third-order valence-corrected chi connectivity index (χ3v) is 11.1. The van der Waals surface area contributed by atoms with Gasteiger partial charge in [-0.2, -0.15) is 0 Å². The Labute approximate surface area is 210 Å². The Hall–Kier alpha value is -1.66. The van der Waals surface area contributed by atoms with Crippen molar-refractivity contribution in [2.45, 2.75) is 71.6 Å². The Morgan fingerprint density at radius 1 is 1.14 bits per heavy atom. The van der Waals surface area contributed by atoms with Gasteiger partial charge in [-0.25, -0.2) is 10.2 Å². The highest BCUT2D eigenvalue weighted by atomic mass is 19.1. The van der Waals surface area contributed by atoms with Crippen molar-refractivity contribution >= 4 is 17.2 Å². The summed E-state index contributed by atoms with van der Waals surface area (Å²) in [6.45, 7) is 5.77. The van der Waals surface area contributed by atoms with Crippen LogP contribution in [-0.2, 0) is 9.53 Å². The van der Waals surface area contributed by atoms with Crippen LogP contribution in [0.4, 0.5) is 15.8 Å². The Morgan fingerprint density at radius 3 is 2.71 bits per heavy atom. The highest BCUT2D eigenvalue weighted by Crippen LogP contribution is 2.68. The fourth-order valence-electron chi connectivity index (χ4n) is 9.48. The van der Waals surface area contributed by atoms with Crippen LogP contribution in [0.25, 0.3) is 0 Å². The smallest absolute Gasteiger partial charge is 0.157 e. The van der Waals surface area contributed by atoms with Crippen LogP contribution in [0.5, 0.6) is 0 Å². The molecule has 0 aromatic heterocycles. The average Bonchev–Trinajstić information content (AvgIpc) is 3.18. The summed E-state index contributed by atoms with van der Waals surface area (Å²) in [5, 5.41) is 1.34. The molecule has 1 aromatic carbocycles. The minimum absolute atomic E-state index is 0.000759. The summed E-state index contributed by atoms with van der Waals surface area (Å²) in [5.41, 5.74) is 6.64. The molecule has 4 N–H and O–H groups in total. The second kappa shape index (κ2) is 9.33. The summed E-state index contributed by atoms with van der Waals surface area (Å²) in [6.07, 6.45) is 11.0. The van der Waals surface area contributed by atoms with Gasteiger partial charge in [-0.05, 0) is 104 Å². The van der Waals surface area contributed by atoms with Crippen molar-refractivity contribution in [1.82, 2.24) is 0 Å². The van der Waals surface area contributed by atoms with E-state index in [1.807, 2.05) is 7.11 Å². The lowest BCUT2D eigenvalue weighted by Gasteiger charge is -2.62. The summed E-state index contributed by atoms with van der Waals surface area (Å²) in [5.74, 6) is 9.54. The van der Waals surface area contributed by atoms with Gasteiger partial charge in [-0.15, -0.1) is 0 Å². The fourth-order valence-corrected chi connectivity index (χ4v) is 9.48. The second-order valence-corrected chi connectivity index (χ2v) is 12.6. The number of benzene rings is 1. The largest absolute Gasteiger partial charge is 0.395 e. The van der Waals surface area contributed by atoms with Gasteiger partial charge in [0.2, 0.25) is 0 Å². The van der Waals surface area contributed by atoms with Crippen LogP contribution in [0.3, 0.4) is 0 Å². The van der Waals surface area contributed by atoms with Gasteiger partial charge in [0.25, 0.3) is 0 Å².